The van der Waals surface area contributed by atoms with Gasteiger partial charge in [-0.2, -0.15) is 0 Å². The van der Waals surface area contributed by atoms with Gasteiger partial charge in [-0.25, -0.2) is 0 Å². The molecule has 0 bridgehead atoms. The Morgan fingerprint density at radius 1 is 1.25 bits per heavy atom. The molecule has 1 atom stereocenters. The number of fused-ring (bicyclic) bond motifs is 1. The molecule has 158 valence electrons. The zero-order valence-electron chi connectivity index (χ0n) is 18.0. The number of aliphatic hydroxyl groups excluding tert-OH is 1. The van der Waals surface area contributed by atoms with E-state index in [2.05, 4.69) is 9.80 Å². The highest BCUT2D eigenvalue weighted by Gasteiger charge is 2.22. The van der Waals surface area contributed by atoms with E-state index in [1.165, 1.54) is 0 Å². The Balaban J connectivity index is 2.31. The largest absolute Gasteiger partial charge is 0.388 e. The predicted molar refractivity (Wildman–Crippen MR) is 114 cm³/mol. The van der Waals surface area contributed by atoms with Gasteiger partial charge in [0.25, 0.3) is 5.91 Å². The van der Waals surface area contributed by atoms with Gasteiger partial charge < -0.3 is 24.5 Å². The van der Waals surface area contributed by atoms with Crippen LogP contribution >= 0.6 is 0 Å². The van der Waals surface area contributed by atoms with E-state index in [1.807, 2.05) is 44.1 Å². The molecule has 0 aliphatic carbocycles. The summed E-state index contributed by atoms with van der Waals surface area (Å²) in [5.41, 5.74) is 2.55. The first-order valence-electron chi connectivity index (χ1n) is 10.5. The molecule has 0 spiro atoms. The van der Waals surface area contributed by atoms with Gasteiger partial charge in [-0.05, 0) is 52.1 Å². The lowest BCUT2D eigenvalue weighted by atomic mass is 9.99. The van der Waals surface area contributed by atoms with Crippen LogP contribution in [0.25, 0.3) is 0 Å². The van der Waals surface area contributed by atoms with E-state index in [1.54, 1.807) is 7.11 Å². The normalized spacial score (nSPS) is 17.6. The zero-order chi connectivity index (χ0) is 20.5. The highest BCUT2D eigenvalue weighted by atomic mass is 16.5. The number of likely N-dealkylation sites (N-methyl/N-ethyl adjacent to an activating group) is 2. The minimum Gasteiger partial charge on any atom is -0.388 e. The van der Waals surface area contributed by atoms with Gasteiger partial charge in [0.15, 0.2) is 0 Å². The zero-order valence-corrected chi connectivity index (χ0v) is 18.0. The second-order valence-electron chi connectivity index (χ2n) is 7.81. The van der Waals surface area contributed by atoms with E-state index in [0.29, 0.717) is 25.3 Å². The monoisotopic (exact) mass is 391 g/mol. The van der Waals surface area contributed by atoms with Gasteiger partial charge in [0.05, 0.1) is 12.7 Å². The van der Waals surface area contributed by atoms with Crippen molar-refractivity contribution < 1.29 is 14.6 Å². The number of hydrogen-bond donors (Lipinski definition) is 1. The molecule has 1 unspecified atom stereocenters. The Morgan fingerprint density at radius 2 is 2.04 bits per heavy atom. The maximum Gasteiger partial charge on any atom is 0.253 e. The first-order valence-corrected chi connectivity index (χ1v) is 10.5. The van der Waals surface area contributed by atoms with Crippen LogP contribution in [0.15, 0.2) is 18.2 Å². The number of benzene rings is 1. The lowest BCUT2D eigenvalue weighted by molar-refractivity contribution is 0.0754. The molecule has 28 heavy (non-hydrogen) atoms. The molecule has 0 radical (unpaired) electrons. The molecule has 0 saturated heterocycles. The fourth-order valence-corrected chi connectivity index (χ4v) is 3.68. The van der Waals surface area contributed by atoms with E-state index in [4.69, 9.17) is 4.74 Å². The van der Waals surface area contributed by atoms with Crippen molar-refractivity contribution in [3.63, 3.8) is 0 Å². The number of anilines is 1. The molecule has 2 rings (SSSR count). The molecule has 1 heterocycles. The minimum absolute atomic E-state index is 0.0302. The summed E-state index contributed by atoms with van der Waals surface area (Å²) in [6.07, 6.45) is 3.41. The topological polar surface area (TPSA) is 56.2 Å². The Bertz CT molecular complexity index is 621. The molecular formula is C22H37N3O3. The van der Waals surface area contributed by atoms with Gasteiger partial charge in [0.1, 0.15) is 0 Å². The molecule has 1 aromatic carbocycles. The number of ether oxygens (including phenoxy) is 1. The minimum atomic E-state index is -0.539. The Hall–Kier alpha value is -1.63. The Morgan fingerprint density at radius 3 is 2.71 bits per heavy atom. The van der Waals surface area contributed by atoms with Crippen molar-refractivity contribution in [1.82, 2.24) is 9.80 Å². The lowest BCUT2D eigenvalue weighted by Crippen LogP contribution is -2.36. The summed E-state index contributed by atoms with van der Waals surface area (Å²) >= 11 is 0. The quantitative estimate of drug-likeness (QED) is 0.738. The molecular weight excluding hydrogens is 354 g/mol. The summed E-state index contributed by atoms with van der Waals surface area (Å²) in [5.74, 6) is 0.0302. The van der Waals surface area contributed by atoms with Crippen molar-refractivity contribution in [3.05, 3.63) is 29.3 Å². The van der Waals surface area contributed by atoms with Crippen LogP contribution in [0.3, 0.4) is 0 Å². The molecule has 0 fully saturated rings. The van der Waals surface area contributed by atoms with Crippen LogP contribution in [0.4, 0.5) is 5.69 Å². The van der Waals surface area contributed by atoms with Crippen LogP contribution in [0.1, 0.15) is 54.6 Å². The average Bonchev–Trinajstić information content (AvgIpc) is 2.76. The molecule has 0 aromatic heterocycles. The van der Waals surface area contributed by atoms with Crippen molar-refractivity contribution in [3.8, 4) is 0 Å². The SMILES string of the molecule is CCN(CCN(C)C)C(=O)c1ccc2c(c1)C(O)CCCCCN2CCOC. The molecule has 1 amide bonds. The summed E-state index contributed by atoms with van der Waals surface area (Å²) in [5, 5.41) is 10.8. The maximum absolute atomic E-state index is 13.0. The van der Waals surface area contributed by atoms with Gasteiger partial charge in [0, 0.05) is 56.6 Å². The first kappa shape index (κ1) is 22.7. The third-order valence-electron chi connectivity index (χ3n) is 5.43. The number of hydrogen-bond acceptors (Lipinski definition) is 5. The molecule has 6 heteroatoms. The molecule has 1 aliphatic heterocycles. The van der Waals surface area contributed by atoms with Crippen molar-refractivity contribution in [1.29, 1.82) is 0 Å². The molecule has 6 nitrogen and oxygen atoms in total. The maximum atomic E-state index is 13.0. The number of aliphatic hydroxyl groups is 1. The predicted octanol–water partition coefficient (Wildman–Crippen LogP) is 2.77. The highest BCUT2D eigenvalue weighted by Crippen LogP contribution is 2.33. The molecule has 1 aromatic rings. The standard InChI is InChI=1S/C22H37N3O3/c1-5-24(14-13-23(2)3)22(27)18-10-11-20-19(17-18)21(26)9-7-6-8-12-25(20)15-16-28-4/h10-11,17,21,26H,5-9,12-16H2,1-4H3. The Kier molecular flexibility index (Phi) is 9.22. The fraction of sp³-hybridized carbons (Fsp3) is 0.682. The second kappa shape index (κ2) is 11.4. The number of rotatable bonds is 8. The third-order valence-corrected chi connectivity index (χ3v) is 5.43. The summed E-state index contributed by atoms with van der Waals surface area (Å²) in [4.78, 5) is 19.3. The van der Waals surface area contributed by atoms with Gasteiger partial charge >= 0.3 is 0 Å². The summed E-state index contributed by atoms with van der Waals surface area (Å²) in [6.45, 7) is 6.58. The smallest absolute Gasteiger partial charge is 0.253 e. The average molecular weight is 392 g/mol. The van der Waals surface area contributed by atoms with Gasteiger partial charge in [-0.1, -0.05) is 12.8 Å². The van der Waals surface area contributed by atoms with Crippen molar-refractivity contribution in [2.24, 2.45) is 0 Å². The van der Waals surface area contributed by atoms with E-state index < -0.39 is 6.10 Å². The van der Waals surface area contributed by atoms with Crippen LogP contribution in [-0.4, -0.2) is 81.3 Å². The number of nitrogens with zero attached hydrogens (tertiary/aromatic N) is 3. The molecule has 1 N–H and O–H groups in total. The van der Waals surface area contributed by atoms with Gasteiger partial charge in [0.2, 0.25) is 0 Å². The van der Waals surface area contributed by atoms with Gasteiger partial charge in [-0.3, -0.25) is 4.79 Å². The van der Waals surface area contributed by atoms with Crippen LogP contribution in [0, 0.1) is 0 Å². The summed E-state index contributed by atoms with van der Waals surface area (Å²) in [6, 6.07) is 5.82. The van der Waals surface area contributed by atoms with Crippen LogP contribution in [-0.2, 0) is 4.74 Å². The van der Waals surface area contributed by atoms with Crippen LogP contribution in [0.5, 0.6) is 0 Å². The van der Waals surface area contributed by atoms with Crippen LogP contribution < -0.4 is 4.90 Å². The number of carbonyl (C=O) groups is 1. The van der Waals surface area contributed by atoms with E-state index >= 15 is 0 Å². The second-order valence-corrected chi connectivity index (χ2v) is 7.81. The van der Waals surface area contributed by atoms with Crippen LogP contribution in [0.2, 0.25) is 0 Å². The third kappa shape index (κ3) is 6.19. The van der Waals surface area contributed by atoms with E-state index in [0.717, 1.165) is 56.6 Å². The van der Waals surface area contributed by atoms with Crippen molar-refractivity contribution in [2.45, 2.75) is 38.7 Å². The molecule has 1 aliphatic rings. The highest BCUT2D eigenvalue weighted by molar-refractivity contribution is 5.95. The summed E-state index contributed by atoms with van der Waals surface area (Å²) < 4.78 is 5.27. The first-order chi connectivity index (χ1) is 13.5. The number of methoxy groups -OCH3 is 1. The molecule has 0 saturated carbocycles. The Labute approximate surface area is 170 Å². The van der Waals surface area contributed by atoms with Crippen molar-refractivity contribution in [2.75, 3.05) is 65.4 Å². The van der Waals surface area contributed by atoms with Crippen molar-refractivity contribution >= 4 is 11.6 Å². The number of carbonyl (C=O) groups excluding carboxylic acids is 1. The number of amides is 1. The van der Waals surface area contributed by atoms with E-state index in [-0.39, 0.29) is 5.91 Å². The summed E-state index contributed by atoms with van der Waals surface area (Å²) in [7, 11) is 5.73. The van der Waals surface area contributed by atoms with E-state index in [9.17, 15) is 9.90 Å². The fourth-order valence-electron chi connectivity index (χ4n) is 3.68. The lowest BCUT2D eigenvalue weighted by Gasteiger charge is -2.28. The van der Waals surface area contributed by atoms with Gasteiger partial charge in [-0.15, -0.1) is 0 Å².